The fraction of sp³-hybridized carbons (Fsp3) is 0.440. The number of benzene rings is 2. The summed E-state index contributed by atoms with van der Waals surface area (Å²) in [5.41, 5.74) is 7.04. The highest BCUT2D eigenvalue weighted by Crippen LogP contribution is 2.29. The Kier molecular flexibility index (Phi) is 5.54. The SMILES string of the molecule is Cc1cc(C)cc(N2CC(C(=O)N3CCN(c4cccc(C)c4C)CC3)CC2=O)c1. The molecular weight excluding hydrogens is 374 g/mol. The lowest BCUT2D eigenvalue weighted by Crippen LogP contribution is -2.51. The van der Waals surface area contributed by atoms with E-state index in [1.165, 1.54) is 16.8 Å². The van der Waals surface area contributed by atoms with Crippen molar-refractivity contribution < 1.29 is 9.59 Å². The molecule has 5 nitrogen and oxygen atoms in total. The molecule has 0 aromatic heterocycles. The second-order valence-electron chi connectivity index (χ2n) is 8.78. The summed E-state index contributed by atoms with van der Waals surface area (Å²) in [5, 5.41) is 0. The molecule has 0 spiro atoms. The Balaban J connectivity index is 1.40. The molecule has 2 saturated heterocycles. The van der Waals surface area contributed by atoms with Gasteiger partial charge >= 0.3 is 0 Å². The summed E-state index contributed by atoms with van der Waals surface area (Å²) in [4.78, 5) is 31.9. The number of carbonyl (C=O) groups excluding carboxylic acids is 2. The van der Waals surface area contributed by atoms with Gasteiger partial charge in [0.2, 0.25) is 11.8 Å². The molecule has 2 aromatic carbocycles. The maximum absolute atomic E-state index is 13.1. The van der Waals surface area contributed by atoms with Gasteiger partial charge in [0, 0.05) is 50.5 Å². The van der Waals surface area contributed by atoms with E-state index >= 15 is 0 Å². The van der Waals surface area contributed by atoms with Crippen LogP contribution >= 0.6 is 0 Å². The van der Waals surface area contributed by atoms with Crippen molar-refractivity contribution >= 4 is 23.2 Å². The van der Waals surface area contributed by atoms with Gasteiger partial charge in [0.05, 0.1) is 5.92 Å². The Morgan fingerprint density at radius 2 is 1.60 bits per heavy atom. The van der Waals surface area contributed by atoms with Crippen LogP contribution < -0.4 is 9.80 Å². The molecule has 0 saturated carbocycles. The number of aryl methyl sites for hydroxylation is 3. The van der Waals surface area contributed by atoms with Crippen LogP contribution in [0.2, 0.25) is 0 Å². The third-order valence-corrected chi connectivity index (χ3v) is 6.50. The van der Waals surface area contributed by atoms with Crippen LogP contribution in [-0.2, 0) is 9.59 Å². The molecule has 2 amide bonds. The van der Waals surface area contributed by atoms with Crippen molar-refractivity contribution in [2.24, 2.45) is 5.92 Å². The molecule has 2 aromatic rings. The van der Waals surface area contributed by atoms with Gasteiger partial charge in [0.15, 0.2) is 0 Å². The quantitative estimate of drug-likeness (QED) is 0.783. The lowest BCUT2D eigenvalue weighted by Gasteiger charge is -2.38. The molecular formula is C25H31N3O2. The minimum atomic E-state index is -0.245. The molecule has 0 bridgehead atoms. The average Bonchev–Trinajstić information content (AvgIpc) is 3.11. The van der Waals surface area contributed by atoms with Crippen LogP contribution in [0.1, 0.15) is 28.7 Å². The molecule has 2 heterocycles. The van der Waals surface area contributed by atoms with Crippen molar-refractivity contribution in [1.82, 2.24) is 4.90 Å². The average molecular weight is 406 g/mol. The zero-order chi connectivity index (χ0) is 21.4. The van der Waals surface area contributed by atoms with Crippen molar-refractivity contribution in [3.8, 4) is 0 Å². The van der Waals surface area contributed by atoms with E-state index in [2.05, 4.69) is 43.0 Å². The van der Waals surface area contributed by atoms with Crippen LogP contribution in [0.15, 0.2) is 36.4 Å². The second kappa shape index (κ2) is 8.13. The third-order valence-electron chi connectivity index (χ3n) is 6.50. The van der Waals surface area contributed by atoms with Crippen molar-refractivity contribution in [2.45, 2.75) is 34.1 Å². The molecule has 158 valence electrons. The number of piperazine rings is 1. The number of nitrogens with zero attached hydrogens (tertiary/aromatic N) is 3. The topological polar surface area (TPSA) is 43.9 Å². The highest BCUT2D eigenvalue weighted by Gasteiger charge is 2.38. The first-order valence-electron chi connectivity index (χ1n) is 10.8. The van der Waals surface area contributed by atoms with Gasteiger partial charge in [-0.05, 0) is 68.1 Å². The molecule has 0 radical (unpaired) electrons. The molecule has 5 heteroatoms. The minimum Gasteiger partial charge on any atom is -0.368 e. The summed E-state index contributed by atoms with van der Waals surface area (Å²) in [5.74, 6) is -0.0752. The highest BCUT2D eigenvalue weighted by atomic mass is 16.2. The third kappa shape index (κ3) is 3.93. The van der Waals surface area contributed by atoms with Crippen LogP contribution in [0, 0.1) is 33.6 Å². The molecule has 1 unspecified atom stereocenters. The highest BCUT2D eigenvalue weighted by molar-refractivity contribution is 6.00. The fourth-order valence-corrected chi connectivity index (χ4v) is 4.73. The predicted octanol–water partition coefficient (Wildman–Crippen LogP) is 3.62. The van der Waals surface area contributed by atoms with Crippen LogP contribution in [0.4, 0.5) is 11.4 Å². The van der Waals surface area contributed by atoms with E-state index in [9.17, 15) is 9.59 Å². The van der Waals surface area contributed by atoms with Crippen molar-refractivity contribution in [3.05, 3.63) is 58.7 Å². The van der Waals surface area contributed by atoms with Gasteiger partial charge in [0.1, 0.15) is 0 Å². The van der Waals surface area contributed by atoms with Gasteiger partial charge < -0.3 is 14.7 Å². The first-order chi connectivity index (χ1) is 14.3. The Morgan fingerprint density at radius 1 is 0.933 bits per heavy atom. The van der Waals surface area contributed by atoms with E-state index in [0.717, 1.165) is 29.9 Å². The molecule has 4 rings (SSSR count). The number of hydrogen-bond acceptors (Lipinski definition) is 3. The van der Waals surface area contributed by atoms with Crippen LogP contribution in [0.5, 0.6) is 0 Å². The Morgan fingerprint density at radius 3 is 2.27 bits per heavy atom. The van der Waals surface area contributed by atoms with Crippen LogP contribution in [0.3, 0.4) is 0 Å². The zero-order valence-corrected chi connectivity index (χ0v) is 18.4. The molecule has 30 heavy (non-hydrogen) atoms. The molecule has 2 aliphatic rings. The van der Waals surface area contributed by atoms with Crippen LogP contribution in [0.25, 0.3) is 0 Å². The normalized spacial score (nSPS) is 19.5. The zero-order valence-electron chi connectivity index (χ0n) is 18.4. The molecule has 2 fully saturated rings. The lowest BCUT2D eigenvalue weighted by atomic mass is 10.1. The van der Waals surface area contributed by atoms with Gasteiger partial charge in [0.25, 0.3) is 0 Å². The van der Waals surface area contributed by atoms with Gasteiger partial charge in [-0.15, -0.1) is 0 Å². The standard InChI is InChI=1S/C25H31N3O2/c1-17-12-18(2)14-22(13-17)28-16-21(15-24(28)29)25(30)27-10-8-26(9-11-27)23-7-5-6-19(3)20(23)4/h5-7,12-14,21H,8-11,15-16H2,1-4H3. The van der Waals surface area contributed by atoms with Gasteiger partial charge in [-0.1, -0.05) is 18.2 Å². The minimum absolute atomic E-state index is 0.0485. The molecule has 0 aliphatic carbocycles. The largest absolute Gasteiger partial charge is 0.368 e. The number of carbonyl (C=O) groups is 2. The smallest absolute Gasteiger partial charge is 0.228 e. The number of rotatable bonds is 3. The number of amides is 2. The monoisotopic (exact) mass is 405 g/mol. The summed E-state index contributed by atoms with van der Waals surface area (Å²) >= 11 is 0. The van der Waals surface area contributed by atoms with E-state index in [0.29, 0.717) is 26.1 Å². The maximum Gasteiger partial charge on any atom is 0.228 e. The molecule has 0 N–H and O–H groups in total. The summed E-state index contributed by atoms with van der Waals surface area (Å²) in [6.07, 6.45) is 0.309. The first kappa shape index (κ1) is 20.5. The van der Waals surface area contributed by atoms with E-state index in [-0.39, 0.29) is 17.7 Å². The van der Waals surface area contributed by atoms with Gasteiger partial charge in [-0.3, -0.25) is 9.59 Å². The molecule has 1 atom stereocenters. The Labute approximate surface area is 179 Å². The van der Waals surface area contributed by atoms with Gasteiger partial charge in [-0.25, -0.2) is 0 Å². The van der Waals surface area contributed by atoms with E-state index in [4.69, 9.17) is 0 Å². The van der Waals surface area contributed by atoms with Crippen molar-refractivity contribution in [3.63, 3.8) is 0 Å². The summed E-state index contributed by atoms with van der Waals surface area (Å²) in [7, 11) is 0. The lowest BCUT2D eigenvalue weighted by molar-refractivity contribution is -0.136. The molecule has 2 aliphatic heterocycles. The van der Waals surface area contributed by atoms with Crippen LogP contribution in [-0.4, -0.2) is 49.4 Å². The first-order valence-corrected chi connectivity index (χ1v) is 10.8. The summed E-state index contributed by atoms with van der Waals surface area (Å²) in [6, 6.07) is 12.6. The summed E-state index contributed by atoms with van der Waals surface area (Å²) < 4.78 is 0. The second-order valence-corrected chi connectivity index (χ2v) is 8.78. The number of hydrogen-bond donors (Lipinski definition) is 0. The fourth-order valence-electron chi connectivity index (χ4n) is 4.73. The van der Waals surface area contributed by atoms with E-state index < -0.39 is 0 Å². The van der Waals surface area contributed by atoms with Crippen molar-refractivity contribution in [1.29, 1.82) is 0 Å². The Hall–Kier alpha value is -2.82. The predicted molar refractivity (Wildman–Crippen MR) is 121 cm³/mol. The van der Waals surface area contributed by atoms with E-state index in [1.54, 1.807) is 4.90 Å². The summed E-state index contributed by atoms with van der Waals surface area (Å²) in [6.45, 7) is 11.9. The maximum atomic E-state index is 13.1. The van der Waals surface area contributed by atoms with Gasteiger partial charge in [-0.2, -0.15) is 0 Å². The number of anilines is 2. The Bertz CT molecular complexity index is 956. The van der Waals surface area contributed by atoms with E-state index in [1.807, 2.05) is 30.9 Å². The van der Waals surface area contributed by atoms with Crippen molar-refractivity contribution in [2.75, 3.05) is 42.5 Å².